The maximum absolute atomic E-state index is 14.2. The second kappa shape index (κ2) is 8.24. The number of fused-ring (bicyclic) bond motifs is 1. The summed E-state index contributed by atoms with van der Waals surface area (Å²) >= 11 is 6.39. The highest BCUT2D eigenvalue weighted by Crippen LogP contribution is 2.35. The number of likely N-dealkylation sites (tertiary alicyclic amines) is 1. The second-order valence-electron chi connectivity index (χ2n) is 7.56. The second-order valence-corrected chi connectivity index (χ2v) is 7.97. The lowest BCUT2D eigenvalue weighted by Gasteiger charge is -2.17. The van der Waals surface area contributed by atoms with E-state index >= 15 is 0 Å². The summed E-state index contributed by atoms with van der Waals surface area (Å²) in [4.78, 5) is 6.85. The maximum Gasteiger partial charge on any atom is 0.226 e. The van der Waals surface area contributed by atoms with Crippen LogP contribution in [0.5, 0.6) is 11.6 Å². The Bertz CT molecular complexity index is 1250. The lowest BCUT2D eigenvalue weighted by atomic mass is 10.1. The molecule has 0 amide bonds. The number of nitrogens with zero attached hydrogens (tertiary/aromatic N) is 3. The van der Waals surface area contributed by atoms with Crippen molar-refractivity contribution >= 4 is 22.6 Å². The van der Waals surface area contributed by atoms with Crippen LogP contribution in [0.1, 0.15) is 18.4 Å². The van der Waals surface area contributed by atoms with E-state index in [1.807, 2.05) is 30.3 Å². The molecule has 31 heavy (non-hydrogen) atoms. The summed E-state index contributed by atoms with van der Waals surface area (Å²) in [5, 5.41) is 8.72. The first-order chi connectivity index (χ1) is 15.1. The smallest absolute Gasteiger partial charge is 0.226 e. The van der Waals surface area contributed by atoms with E-state index in [4.69, 9.17) is 16.3 Å². The summed E-state index contributed by atoms with van der Waals surface area (Å²) in [6.45, 7) is 2.56. The molecule has 1 saturated heterocycles. The predicted octanol–water partition coefficient (Wildman–Crippen LogP) is 5.94. The van der Waals surface area contributed by atoms with Crippen LogP contribution < -0.4 is 4.74 Å². The van der Waals surface area contributed by atoms with Crippen LogP contribution in [-0.2, 0) is 6.54 Å². The number of nitrogens with one attached hydrogen (secondary N) is 1. The van der Waals surface area contributed by atoms with Crippen LogP contribution in [0.15, 0.2) is 48.5 Å². The molecule has 1 aliphatic heterocycles. The molecule has 0 atom stereocenters. The number of aromatic amines is 1. The van der Waals surface area contributed by atoms with Crippen molar-refractivity contribution in [3.8, 4) is 22.9 Å². The summed E-state index contributed by atoms with van der Waals surface area (Å²) in [7, 11) is 0. The minimum absolute atomic E-state index is 0.0854. The number of rotatable bonds is 5. The van der Waals surface area contributed by atoms with Gasteiger partial charge in [-0.1, -0.05) is 29.8 Å². The minimum atomic E-state index is -0.784. The van der Waals surface area contributed by atoms with Crippen molar-refractivity contribution in [2.45, 2.75) is 19.4 Å². The van der Waals surface area contributed by atoms with Crippen LogP contribution in [0.25, 0.3) is 22.3 Å². The Morgan fingerprint density at radius 1 is 1.06 bits per heavy atom. The van der Waals surface area contributed by atoms with Gasteiger partial charge in [0.1, 0.15) is 5.82 Å². The van der Waals surface area contributed by atoms with Gasteiger partial charge >= 0.3 is 0 Å². The molecule has 2 aromatic carbocycles. The standard InChI is InChI=1S/C23H19ClF2N4O/c24-18-6-2-1-5-16(18)21-17-11-14(13-30-9-3-4-10-30)23(27-22(17)29-28-21)31-20-8-7-15(25)12-19(20)26/h1-2,5-8,11-12H,3-4,9-10,13H2,(H,27,28,29). The number of ether oxygens (including phenoxy) is 1. The lowest BCUT2D eigenvalue weighted by molar-refractivity contribution is 0.322. The van der Waals surface area contributed by atoms with Gasteiger partial charge in [0.2, 0.25) is 5.88 Å². The topological polar surface area (TPSA) is 54.0 Å². The fraction of sp³-hybridized carbons (Fsp3) is 0.217. The maximum atomic E-state index is 14.2. The van der Waals surface area contributed by atoms with Gasteiger partial charge in [-0.15, -0.1) is 0 Å². The highest BCUT2D eigenvalue weighted by atomic mass is 35.5. The molecule has 0 bridgehead atoms. The predicted molar refractivity (Wildman–Crippen MR) is 115 cm³/mol. The van der Waals surface area contributed by atoms with E-state index in [0.717, 1.165) is 60.3 Å². The fourth-order valence-electron chi connectivity index (χ4n) is 3.88. The van der Waals surface area contributed by atoms with Crippen molar-refractivity contribution in [2.75, 3.05) is 13.1 Å². The summed E-state index contributed by atoms with van der Waals surface area (Å²) in [6.07, 6.45) is 2.27. The summed E-state index contributed by atoms with van der Waals surface area (Å²) in [5.41, 5.74) is 2.81. The van der Waals surface area contributed by atoms with Gasteiger partial charge in [0.05, 0.1) is 5.69 Å². The summed E-state index contributed by atoms with van der Waals surface area (Å²) in [5.74, 6) is -1.28. The van der Waals surface area contributed by atoms with Crippen LogP contribution in [0, 0.1) is 11.6 Å². The first-order valence-electron chi connectivity index (χ1n) is 10.1. The number of hydrogen-bond donors (Lipinski definition) is 1. The van der Waals surface area contributed by atoms with Gasteiger partial charge in [0.15, 0.2) is 17.2 Å². The number of pyridine rings is 1. The van der Waals surface area contributed by atoms with Crippen LogP contribution in [0.4, 0.5) is 8.78 Å². The van der Waals surface area contributed by atoms with E-state index in [1.165, 1.54) is 6.07 Å². The van der Waals surface area contributed by atoms with Crippen molar-refractivity contribution in [1.29, 1.82) is 0 Å². The quantitative estimate of drug-likeness (QED) is 0.417. The molecule has 0 unspecified atom stereocenters. The summed E-state index contributed by atoms with van der Waals surface area (Å²) in [6, 6.07) is 12.7. The SMILES string of the molecule is Fc1ccc(Oc2nc3n[nH]c(-c4ccccc4Cl)c3cc2CN2CCCC2)c(F)c1. The highest BCUT2D eigenvalue weighted by molar-refractivity contribution is 6.33. The number of halogens is 3. The van der Waals surface area contributed by atoms with E-state index in [1.54, 1.807) is 0 Å². The Labute approximate surface area is 182 Å². The zero-order valence-electron chi connectivity index (χ0n) is 16.5. The van der Waals surface area contributed by atoms with Crippen molar-refractivity contribution in [3.05, 3.63) is 70.8 Å². The van der Waals surface area contributed by atoms with Gasteiger partial charge in [-0.25, -0.2) is 8.78 Å². The Kier molecular flexibility index (Phi) is 5.29. The lowest BCUT2D eigenvalue weighted by Crippen LogP contribution is -2.19. The largest absolute Gasteiger partial charge is 0.436 e. The van der Waals surface area contributed by atoms with Gasteiger partial charge in [0, 0.05) is 34.1 Å². The molecule has 0 radical (unpaired) electrons. The Hall–Kier alpha value is -3.03. The number of aromatic nitrogens is 3. The van der Waals surface area contributed by atoms with Crippen molar-refractivity contribution in [3.63, 3.8) is 0 Å². The van der Waals surface area contributed by atoms with Crippen molar-refractivity contribution in [1.82, 2.24) is 20.1 Å². The third-order valence-electron chi connectivity index (χ3n) is 5.42. The Balaban J connectivity index is 1.61. The van der Waals surface area contributed by atoms with E-state index < -0.39 is 11.6 Å². The molecule has 0 saturated carbocycles. The molecule has 8 heteroatoms. The normalized spacial score (nSPS) is 14.4. The fourth-order valence-corrected chi connectivity index (χ4v) is 4.11. The molecule has 5 rings (SSSR count). The third kappa shape index (κ3) is 3.98. The minimum Gasteiger partial charge on any atom is -0.436 e. The molecular weight excluding hydrogens is 422 g/mol. The molecule has 1 N–H and O–H groups in total. The van der Waals surface area contributed by atoms with E-state index in [0.29, 0.717) is 17.2 Å². The van der Waals surface area contributed by atoms with E-state index in [-0.39, 0.29) is 11.6 Å². The number of hydrogen-bond acceptors (Lipinski definition) is 4. The van der Waals surface area contributed by atoms with Crippen molar-refractivity contribution in [2.24, 2.45) is 0 Å². The Morgan fingerprint density at radius 3 is 2.65 bits per heavy atom. The molecular formula is C23H19ClF2N4O. The molecule has 0 spiro atoms. The number of H-pyrrole nitrogens is 1. The van der Waals surface area contributed by atoms with Crippen molar-refractivity contribution < 1.29 is 13.5 Å². The van der Waals surface area contributed by atoms with Gasteiger partial charge in [0.25, 0.3) is 0 Å². The van der Waals surface area contributed by atoms with Crippen LogP contribution >= 0.6 is 11.6 Å². The van der Waals surface area contributed by atoms with Gasteiger partial charge < -0.3 is 4.74 Å². The monoisotopic (exact) mass is 440 g/mol. The van der Waals surface area contributed by atoms with Gasteiger partial charge in [-0.3, -0.25) is 10.00 Å². The first-order valence-corrected chi connectivity index (χ1v) is 10.4. The third-order valence-corrected chi connectivity index (χ3v) is 5.75. The molecule has 4 aromatic rings. The van der Waals surface area contributed by atoms with Gasteiger partial charge in [-0.2, -0.15) is 10.1 Å². The van der Waals surface area contributed by atoms with Crippen LogP contribution in [-0.4, -0.2) is 33.2 Å². The molecule has 5 nitrogen and oxygen atoms in total. The Morgan fingerprint density at radius 2 is 1.87 bits per heavy atom. The molecule has 158 valence electrons. The van der Waals surface area contributed by atoms with Crippen LogP contribution in [0.2, 0.25) is 5.02 Å². The van der Waals surface area contributed by atoms with E-state index in [9.17, 15) is 8.78 Å². The molecule has 0 aliphatic carbocycles. The van der Waals surface area contributed by atoms with Gasteiger partial charge in [-0.05, 0) is 50.2 Å². The number of benzene rings is 2. The van der Waals surface area contributed by atoms with Crippen LogP contribution in [0.3, 0.4) is 0 Å². The zero-order valence-corrected chi connectivity index (χ0v) is 17.3. The average Bonchev–Trinajstić information content (AvgIpc) is 3.40. The molecule has 1 aliphatic rings. The van der Waals surface area contributed by atoms with E-state index in [2.05, 4.69) is 20.1 Å². The zero-order chi connectivity index (χ0) is 21.4. The molecule has 1 fully saturated rings. The highest BCUT2D eigenvalue weighted by Gasteiger charge is 2.21. The molecule has 3 heterocycles. The molecule has 2 aromatic heterocycles. The first kappa shape index (κ1) is 19.9. The summed E-state index contributed by atoms with van der Waals surface area (Å²) < 4.78 is 33.3. The average molecular weight is 441 g/mol.